The highest BCUT2D eigenvalue weighted by Crippen LogP contribution is 2.28. The van der Waals surface area contributed by atoms with Gasteiger partial charge >= 0.3 is 17.5 Å². The predicted octanol–water partition coefficient (Wildman–Crippen LogP) is 1.78. The topological polar surface area (TPSA) is 85.6 Å². The number of fused-ring (bicyclic) bond motifs is 3. The van der Waals surface area contributed by atoms with Crippen LogP contribution in [0, 0.1) is 0 Å². The van der Waals surface area contributed by atoms with Gasteiger partial charge in [-0.2, -0.15) is 0 Å². The monoisotopic (exact) mass is 301 g/mol. The molecule has 0 atom stereocenters. The molecule has 0 aliphatic heterocycles. The van der Waals surface area contributed by atoms with Gasteiger partial charge in [-0.15, -0.1) is 0 Å². The van der Waals surface area contributed by atoms with E-state index < -0.39 is 11.9 Å². The van der Waals surface area contributed by atoms with Crippen molar-refractivity contribution in [3.8, 4) is 0 Å². The zero-order valence-electron chi connectivity index (χ0n) is 12.1. The fourth-order valence-electron chi connectivity index (χ4n) is 2.80. The number of hydrogen-bond acceptors (Lipinski definition) is 5. The molecule has 0 saturated carbocycles. The summed E-state index contributed by atoms with van der Waals surface area (Å²) in [5.41, 5.74) is 2.25. The summed E-state index contributed by atoms with van der Waals surface area (Å²) in [5.74, 6) is -1.85. The van der Waals surface area contributed by atoms with Gasteiger partial charge in [-0.3, -0.25) is 4.79 Å². The second kappa shape index (κ2) is 5.63. The van der Waals surface area contributed by atoms with E-state index in [1.165, 1.54) is 0 Å². The summed E-state index contributed by atoms with van der Waals surface area (Å²) in [7, 11) is 1.13. The number of methoxy groups -OCH3 is 1. The first-order chi connectivity index (χ1) is 10.6. The lowest BCUT2D eigenvalue weighted by molar-refractivity contribution is -0.150. The first-order valence-electron chi connectivity index (χ1n) is 7.08. The van der Waals surface area contributed by atoms with E-state index in [4.69, 9.17) is 4.42 Å². The summed E-state index contributed by atoms with van der Waals surface area (Å²) in [5, 5.41) is 3.29. The van der Waals surface area contributed by atoms with Crippen LogP contribution in [0.2, 0.25) is 0 Å². The summed E-state index contributed by atoms with van der Waals surface area (Å²) in [6.07, 6.45) is 3.64. The van der Waals surface area contributed by atoms with Crippen LogP contribution in [0.15, 0.2) is 27.4 Å². The Balaban J connectivity index is 2.02. The van der Waals surface area contributed by atoms with Crippen LogP contribution in [0.1, 0.15) is 24.0 Å². The fraction of sp³-hybridized carbons (Fsp3) is 0.312. The first-order valence-corrected chi connectivity index (χ1v) is 7.08. The standard InChI is InChI=1S/C16H15NO5/c1-21-16(20)14(18)17-9-6-7-11-10-4-2-3-5-12(10)15(19)22-13(11)8-9/h6-8H,2-5H2,1H3,(H,17,18). The highest BCUT2D eigenvalue weighted by molar-refractivity contribution is 6.37. The number of rotatable bonds is 1. The van der Waals surface area contributed by atoms with Crippen LogP contribution < -0.4 is 10.9 Å². The average Bonchev–Trinajstić information content (AvgIpc) is 2.54. The van der Waals surface area contributed by atoms with Crippen molar-refractivity contribution in [2.75, 3.05) is 12.4 Å². The molecule has 1 aromatic carbocycles. The summed E-state index contributed by atoms with van der Waals surface area (Å²) in [6.45, 7) is 0. The molecule has 22 heavy (non-hydrogen) atoms. The maximum Gasteiger partial charge on any atom is 0.396 e. The summed E-state index contributed by atoms with van der Waals surface area (Å²) in [6, 6.07) is 5.03. The van der Waals surface area contributed by atoms with Crippen LogP contribution in [0.4, 0.5) is 5.69 Å². The van der Waals surface area contributed by atoms with Gasteiger partial charge in [0.25, 0.3) is 0 Å². The second-order valence-electron chi connectivity index (χ2n) is 5.21. The molecule has 1 aliphatic carbocycles. The van der Waals surface area contributed by atoms with Gasteiger partial charge in [0.15, 0.2) is 0 Å². The van der Waals surface area contributed by atoms with E-state index in [1.54, 1.807) is 18.2 Å². The molecule has 1 aromatic heterocycles. The molecule has 2 aromatic rings. The Morgan fingerprint density at radius 3 is 2.64 bits per heavy atom. The van der Waals surface area contributed by atoms with E-state index >= 15 is 0 Å². The zero-order chi connectivity index (χ0) is 15.7. The van der Waals surface area contributed by atoms with E-state index in [-0.39, 0.29) is 5.63 Å². The fourth-order valence-corrected chi connectivity index (χ4v) is 2.80. The number of amides is 1. The molecule has 3 rings (SSSR count). The van der Waals surface area contributed by atoms with Gasteiger partial charge in [-0.05, 0) is 43.4 Å². The normalized spacial score (nSPS) is 13.5. The Hall–Kier alpha value is -2.63. The summed E-state index contributed by atoms with van der Waals surface area (Å²) >= 11 is 0. The Morgan fingerprint density at radius 1 is 1.18 bits per heavy atom. The van der Waals surface area contributed by atoms with E-state index in [0.29, 0.717) is 11.3 Å². The van der Waals surface area contributed by atoms with Crippen LogP contribution in [0.3, 0.4) is 0 Å². The quantitative estimate of drug-likeness (QED) is 0.493. The van der Waals surface area contributed by atoms with Crippen molar-refractivity contribution in [3.05, 3.63) is 39.7 Å². The minimum atomic E-state index is -0.980. The molecule has 0 fully saturated rings. The molecule has 0 radical (unpaired) electrons. The lowest BCUT2D eigenvalue weighted by Gasteiger charge is -2.16. The largest absolute Gasteiger partial charge is 0.462 e. The minimum absolute atomic E-state index is 0.321. The van der Waals surface area contributed by atoms with Crippen molar-refractivity contribution >= 4 is 28.5 Å². The number of carbonyl (C=O) groups excluding carboxylic acids is 2. The lowest BCUT2D eigenvalue weighted by atomic mass is 9.90. The van der Waals surface area contributed by atoms with E-state index in [2.05, 4.69) is 10.1 Å². The number of hydrogen-bond donors (Lipinski definition) is 1. The number of ether oxygens (including phenoxy) is 1. The van der Waals surface area contributed by atoms with Crippen LogP contribution in [0.25, 0.3) is 11.0 Å². The molecule has 6 nitrogen and oxygen atoms in total. The van der Waals surface area contributed by atoms with Crippen molar-refractivity contribution in [2.24, 2.45) is 0 Å². The Morgan fingerprint density at radius 2 is 1.91 bits per heavy atom. The molecule has 0 saturated heterocycles. The summed E-state index contributed by atoms with van der Waals surface area (Å²) < 4.78 is 9.69. The van der Waals surface area contributed by atoms with Gasteiger partial charge in [0, 0.05) is 22.7 Å². The molecule has 1 heterocycles. The highest BCUT2D eigenvalue weighted by Gasteiger charge is 2.19. The third-order valence-electron chi connectivity index (χ3n) is 3.85. The molecule has 6 heteroatoms. The lowest BCUT2D eigenvalue weighted by Crippen LogP contribution is -2.23. The zero-order valence-corrected chi connectivity index (χ0v) is 12.1. The SMILES string of the molecule is COC(=O)C(=O)Nc1ccc2c3c(c(=O)oc2c1)CCCC3. The maximum absolute atomic E-state index is 12.0. The van der Waals surface area contributed by atoms with Crippen LogP contribution in [-0.2, 0) is 27.2 Å². The third-order valence-corrected chi connectivity index (χ3v) is 3.85. The molecular formula is C16H15NO5. The Bertz CT molecular complexity index is 821. The number of nitrogens with one attached hydrogen (secondary N) is 1. The second-order valence-corrected chi connectivity index (χ2v) is 5.21. The third kappa shape index (κ3) is 2.47. The van der Waals surface area contributed by atoms with Gasteiger partial charge in [-0.25, -0.2) is 9.59 Å². The summed E-state index contributed by atoms with van der Waals surface area (Å²) in [4.78, 5) is 34.7. The number of carbonyl (C=O) groups is 2. The number of esters is 1. The van der Waals surface area contributed by atoms with Gasteiger partial charge in [0.2, 0.25) is 0 Å². The Kier molecular flexibility index (Phi) is 3.66. The van der Waals surface area contributed by atoms with Crippen molar-refractivity contribution in [3.63, 3.8) is 0 Å². The van der Waals surface area contributed by atoms with Crippen LogP contribution >= 0.6 is 0 Å². The molecule has 114 valence electrons. The average molecular weight is 301 g/mol. The highest BCUT2D eigenvalue weighted by atomic mass is 16.5. The number of anilines is 1. The van der Waals surface area contributed by atoms with Crippen LogP contribution in [0.5, 0.6) is 0 Å². The van der Waals surface area contributed by atoms with Crippen molar-refractivity contribution in [1.82, 2.24) is 0 Å². The van der Waals surface area contributed by atoms with Gasteiger partial charge in [-0.1, -0.05) is 0 Å². The van der Waals surface area contributed by atoms with E-state index in [0.717, 1.165) is 49.3 Å². The smallest absolute Gasteiger partial charge is 0.396 e. The maximum atomic E-state index is 12.0. The Labute approximate surface area is 126 Å². The van der Waals surface area contributed by atoms with Crippen LogP contribution in [-0.4, -0.2) is 19.0 Å². The molecule has 1 aliphatic rings. The molecule has 0 unspecified atom stereocenters. The predicted molar refractivity (Wildman–Crippen MR) is 79.8 cm³/mol. The molecular weight excluding hydrogens is 286 g/mol. The molecule has 0 bridgehead atoms. The van der Waals surface area contributed by atoms with Crippen molar-refractivity contribution < 1.29 is 18.7 Å². The number of aryl methyl sites for hydroxylation is 1. The van der Waals surface area contributed by atoms with E-state index in [9.17, 15) is 14.4 Å². The molecule has 1 N–H and O–H groups in total. The van der Waals surface area contributed by atoms with Crippen molar-refractivity contribution in [1.29, 1.82) is 0 Å². The van der Waals surface area contributed by atoms with Crippen molar-refractivity contribution in [2.45, 2.75) is 25.7 Å². The van der Waals surface area contributed by atoms with E-state index in [1.807, 2.05) is 0 Å². The van der Waals surface area contributed by atoms with Gasteiger partial charge in [0.1, 0.15) is 5.58 Å². The molecule has 1 amide bonds. The van der Waals surface area contributed by atoms with Gasteiger partial charge < -0.3 is 14.5 Å². The first kappa shape index (κ1) is 14.3. The van der Waals surface area contributed by atoms with Gasteiger partial charge in [0.05, 0.1) is 7.11 Å². The molecule has 0 spiro atoms. The minimum Gasteiger partial charge on any atom is -0.462 e. The number of benzene rings is 1.